The molecule has 1 aromatic rings. The van der Waals surface area contributed by atoms with Crippen molar-refractivity contribution in [2.24, 2.45) is 5.16 Å². The number of oxime groups is 1. The summed E-state index contributed by atoms with van der Waals surface area (Å²) in [5.74, 6) is -2.46. The van der Waals surface area contributed by atoms with E-state index >= 15 is 0 Å². The predicted octanol–water partition coefficient (Wildman–Crippen LogP) is -3.77. The van der Waals surface area contributed by atoms with Gasteiger partial charge in [0, 0.05) is 5.75 Å². The van der Waals surface area contributed by atoms with Gasteiger partial charge in [0.1, 0.15) is 18.5 Å². The number of carbonyl (C=O) groups is 3. The average Bonchev–Trinajstić information content (AvgIpc) is 3.10. The topological polar surface area (TPSA) is 124 Å². The number of nitrogens with zero attached hydrogens (tertiary/aromatic N) is 2. The van der Waals surface area contributed by atoms with E-state index < -0.39 is 29.2 Å². The quantitative estimate of drug-likeness (QED) is 0.230. The van der Waals surface area contributed by atoms with Crippen molar-refractivity contribution in [2.75, 3.05) is 12.9 Å². The van der Waals surface area contributed by atoms with E-state index in [2.05, 4.69) is 15.3 Å². The maximum atomic E-state index is 12.4. The van der Waals surface area contributed by atoms with Gasteiger partial charge in [0.05, 0.1) is 23.0 Å². The third-order valence-corrected chi connectivity index (χ3v) is 5.30. The first-order valence-electron chi connectivity index (χ1n) is 6.96. The zero-order valence-electron chi connectivity index (χ0n) is 13.7. The van der Waals surface area contributed by atoms with Crippen molar-refractivity contribution in [1.29, 1.82) is 0 Å². The number of carbonyl (C=O) groups excluding carboxylic acids is 3. The van der Waals surface area contributed by atoms with Crippen LogP contribution >= 0.6 is 23.4 Å². The summed E-state index contributed by atoms with van der Waals surface area (Å²) in [7, 11) is 1.27. The van der Waals surface area contributed by atoms with Crippen LogP contribution in [0.3, 0.4) is 0 Å². The van der Waals surface area contributed by atoms with Crippen LogP contribution in [0.2, 0.25) is 0 Å². The van der Waals surface area contributed by atoms with Gasteiger partial charge in [-0.3, -0.25) is 14.5 Å². The Hall–Kier alpha value is -1.46. The first kappa shape index (κ1) is 20.8. The molecule has 1 saturated heterocycles. The number of nitrogens with one attached hydrogen (secondary N) is 1. The van der Waals surface area contributed by atoms with Gasteiger partial charge in [-0.2, -0.15) is 0 Å². The fraction of sp³-hybridized carbons (Fsp3) is 0.286. The number of hydrogen-bond donors (Lipinski definition) is 1. The minimum Gasteiger partial charge on any atom is -0.543 e. The van der Waals surface area contributed by atoms with Gasteiger partial charge >= 0.3 is 29.6 Å². The van der Waals surface area contributed by atoms with Crippen LogP contribution in [0.5, 0.6) is 0 Å². The van der Waals surface area contributed by atoms with E-state index in [-0.39, 0.29) is 57.5 Å². The number of hydrogen-bond acceptors (Lipinski definition) is 8. The van der Waals surface area contributed by atoms with Crippen LogP contribution in [-0.4, -0.2) is 52.7 Å². The molecule has 1 fully saturated rings. The number of furan rings is 1. The monoisotopic (exact) mass is 407 g/mol. The number of halogens is 1. The van der Waals surface area contributed by atoms with Crippen molar-refractivity contribution in [3.05, 3.63) is 34.9 Å². The number of β-lactam (4-membered cyclic amide) rings is 1. The molecule has 0 aliphatic carbocycles. The Bertz CT molecular complexity index is 797. The molecule has 3 heterocycles. The molecule has 0 saturated carbocycles. The summed E-state index contributed by atoms with van der Waals surface area (Å²) in [5, 5.41) is 16.7. The Morgan fingerprint density at radius 2 is 2.27 bits per heavy atom. The van der Waals surface area contributed by atoms with Crippen LogP contribution in [0.15, 0.2) is 38.7 Å². The fourth-order valence-corrected chi connectivity index (χ4v) is 4.03. The summed E-state index contributed by atoms with van der Waals surface area (Å²) < 4.78 is 5.12. The standard InChI is InChI=1S/C14H12ClN3O6S.Na/c1-23-17-8(7-3-2-4-24-7)11(19)16-9-12(20)18-10(14(21)22)6(15)5-25-13(9)18;/h2-4,9,13H,5H2,1H3,(H,16,19)(H,21,22);/q;+1/p-1/t9-,13-;/m1./s1. The van der Waals surface area contributed by atoms with E-state index in [1.807, 2.05) is 0 Å². The molecule has 2 aliphatic heterocycles. The van der Waals surface area contributed by atoms with Gasteiger partial charge in [0.15, 0.2) is 5.76 Å². The SMILES string of the molecule is CON=C(C(=O)N[C@@H]1C(=O)N2C(C(=O)[O-])=C(Cl)CS[C@H]12)c1ccco1.[Na+]. The molecule has 1 aromatic heterocycles. The fourth-order valence-electron chi connectivity index (χ4n) is 2.48. The summed E-state index contributed by atoms with van der Waals surface area (Å²) in [6.45, 7) is 0. The van der Waals surface area contributed by atoms with Crippen molar-refractivity contribution in [3.8, 4) is 0 Å². The second-order valence-corrected chi connectivity index (χ2v) is 6.56. The maximum Gasteiger partial charge on any atom is 1.00 e. The molecule has 0 aromatic carbocycles. The third kappa shape index (κ3) is 3.65. The first-order chi connectivity index (χ1) is 12.0. The molecule has 9 nitrogen and oxygen atoms in total. The molecule has 0 unspecified atom stereocenters. The first-order valence-corrected chi connectivity index (χ1v) is 8.39. The molecular formula is C14H11ClN3NaO6S. The van der Waals surface area contributed by atoms with Crippen LogP contribution < -0.4 is 40.0 Å². The van der Waals surface area contributed by atoms with Gasteiger partial charge < -0.3 is 24.5 Å². The van der Waals surface area contributed by atoms with Gasteiger partial charge in [-0.15, -0.1) is 11.8 Å². The van der Waals surface area contributed by atoms with Gasteiger partial charge in [-0.1, -0.05) is 16.8 Å². The predicted molar refractivity (Wildman–Crippen MR) is 85.2 cm³/mol. The van der Waals surface area contributed by atoms with Crippen molar-refractivity contribution < 1.29 is 58.3 Å². The van der Waals surface area contributed by atoms with Crippen LogP contribution in [0, 0.1) is 0 Å². The largest absolute Gasteiger partial charge is 1.00 e. The Labute approximate surface area is 179 Å². The number of carboxylic acids is 1. The third-order valence-electron chi connectivity index (χ3n) is 3.55. The molecular weight excluding hydrogens is 397 g/mol. The average molecular weight is 408 g/mol. The number of aliphatic carboxylic acids is 1. The maximum absolute atomic E-state index is 12.4. The molecule has 3 rings (SSSR count). The summed E-state index contributed by atoms with van der Waals surface area (Å²) in [6.07, 6.45) is 1.36. The Balaban J connectivity index is 0.00000243. The number of thioether (sulfide) groups is 1. The van der Waals surface area contributed by atoms with E-state index in [0.717, 1.165) is 4.90 Å². The van der Waals surface area contributed by atoms with E-state index in [4.69, 9.17) is 16.0 Å². The van der Waals surface area contributed by atoms with Crippen molar-refractivity contribution >= 4 is 46.9 Å². The molecule has 2 aliphatic rings. The summed E-state index contributed by atoms with van der Waals surface area (Å²) >= 11 is 7.09. The molecule has 2 atom stereocenters. The summed E-state index contributed by atoms with van der Waals surface area (Å²) in [6, 6.07) is 2.16. The van der Waals surface area contributed by atoms with Crippen LogP contribution in [0.25, 0.3) is 0 Å². The smallest absolute Gasteiger partial charge is 0.543 e. The molecule has 0 spiro atoms. The molecule has 26 heavy (non-hydrogen) atoms. The molecule has 2 amide bonds. The molecule has 0 radical (unpaired) electrons. The number of amides is 2. The Morgan fingerprint density at radius 3 is 2.85 bits per heavy atom. The van der Waals surface area contributed by atoms with E-state index in [0.29, 0.717) is 0 Å². The van der Waals surface area contributed by atoms with Gasteiger partial charge in [0.25, 0.3) is 11.8 Å². The summed E-state index contributed by atoms with van der Waals surface area (Å²) in [4.78, 5) is 41.5. The van der Waals surface area contributed by atoms with Crippen LogP contribution in [0.1, 0.15) is 5.76 Å². The normalized spacial score (nSPS) is 22.2. The number of rotatable bonds is 5. The zero-order valence-corrected chi connectivity index (χ0v) is 17.3. The van der Waals surface area contributed by atoms with Gasteiger partial charge in [0.2, 0.25) is 5.71 Å². The van der Waals surface area contributed by atoms with Crippen molar-refractivity contribution in [3.63, 3.8) is 0 Å². The van der Waals surface area contributed by atoms with E-state index in [9.17, 15) is 19.5 Å². The number of carboxylic acid groups (broad SMARTS) is 1. The number of fused-ring (bicyclic) bond motifs is 1. The minimum atomic E-state index is -1.54. The van der Waals surface area contributed by atoms with Crippen LogP contribution in [-0.2, 0) is 19.2 Å². The van der Waals surface area contributed by atoms with E-state index in [1.54, 1.807) is 6.07 Å². The second kappa shape index (κ2) is 8.49. The van der Waals surface area contributed by atoms with Crippen molar-refractivity contribution in [1.82, 2.24) is 10.2 Å². The van der Waals surface area contributed by atoms with Gasteiger partial charge in [-0.05, 0) is 12.1 Å². The minimum absolute atomic E-state index is 0. The molecule has 132 valence electrons. The molecule has 1 N–H and O–H groups in total. The summed E-state index contributed by atoms with van der Waals surface area (Å²) in [5.41, 5.74) is -0.508. The van der Waals surface area contributed by atoms with Gasteiger partial charge in [-0.25, -0.2) is 0 Å². The molecule has 12 heteroatoms. The van der Waals surface area contributed by atoms with Crippen LogP contribution in [0.4, 0.5) is 0 Å². The Kier molecular flexibility index (Phi) is 6.80. The second-order valence-electron chi connectivity index (χ2n) is 5.00. The van der Waals surface area contributed by atoms with E-state index in [1.165, 1.54) is 31.2 Å². The van der Waals surface area contributed by atoms with Crippen molar-refractivity contribution in [2.45, 2.75) is 11.4 Å². The zero-order chi connectivity index (χ0) is 18.1. The molecule has 0 bridgehead atoms. The Morgan fingerprint density at radius 1 is 1.54 bits per heavy atom.